The Bertz CT molecular complexity index is 1510. The summed E-state index contributed by atoms with van der Waals surface area (Å²) < 4.78 is 4.10. The molecule has 2 aromatic carbocycles. The van der Waals surface area contributed by atoms with Crippen molar-refractivity contribution in [3.63, 3.8) is 0 Å². The van der Waals surface area contributed by atoms with Crippen LogP contribution in [-0.4, -0.2) is 62.5 Å². The topological polar surface area (TPSA) is 90.4 Å². The number of benzene rings is 2. The number of para-hydroxylation sites is 1. The SMILES string of the molecule is Cn1cc(C2=C(c3cn(C)c4cc([N+](=O)[O-])ccc34)C(=O)N([CH2][Na])C2=O)c2ccccc21. The molecule has 0 spiro atoms. The van der Waals surface area contributed by atoms with Gasteiger partial charge in [-0.1, -0.05) is 0 Å². The molecule has 1 aliphatic heterocycles. The van der Waals surface area contributed by atoms with E-state index in [9.17, 15) is 19.7 Å². The molecular weight excluding hydrogens is 419 g/mol. The molecule has 0 saturated carbocycles. The summed E-state index contributed by atoms with van der Waals surface area (Å²) >= 11 is 0.662. The zero-order chi connectivity index (χ0) is 22.7. The number of amides is 2. The van der Waals surface area contributed by atoms with Crippen LogP contribution in [0.25, 0.3) is 33.0 Å². The van der Waals surface area contributed by atoms with E-state index in [0.29, 0.717) is 64.9 Å². The van der Waals surface area contributed by atoms with E-state index in [1.54, 1.807) is 23.9 Å². The standard InChI is InChI=1S/C23H17N4O4.Na/c1-24-11-16(14-6-4-5-7-18(14)24)20-21(23(29)26(3)22(20)28)17-12-25(2)19-10-13(27(30)31)8-9-15(17)19;/h4-12H,3H2,1-2H3;. The Labute approximate surface area is 200 Å². The van der Waals surface area contributed by atoms with Crippen LogP contribution in [0.5, 0.6) is 0 Å². The predicted molar refractivity (Wildman–Crippen MR) is 122 cm³/mol. The Kier molecular flexibility index (Phi) is 4.81. The first kappa shape index (κ1) is 20.7. The molecular formula is C23H17N4NaO4. The first-order valence-corrected chi connectivity index (χ1v) is 11.6. The van der Waals surface area contributed by atoms with Gasteiger partial charge >= 0.3 is 201 Å². The molecule has 0 unspecified atom stereocenters. The molecule has 0 aliphatic carbocycles. The molecule has 0 fully saturated rings. The summed E-state index contributed by atoms with van der Waals surface area (Å²) in [7, 11) is 3.69. The Morgan fingerprint density at radius 2 is 1.44 bits per heavy atom. The number of hydrogen-bond donors (Lipinski definition) is 0. The Morgan fingerprint density at radius 1 is 0.875 bits per heavy atom. The fourth-order valence-corrected chi connectivity index (χ4v) is 5.16. The Balaban J connectivity index is 1.85. The van der Waals surface area contributed by atoms with Crippen molar-refractivity contribution in [2.45, 2.75) is 0 Å². The van der Waals surface area contributed by atoms with Crippen LogP contribution in [0.1, 0.15) is 11.1 Å². The van der Waals surface area contributed by atoms with E-state index in [2.05, 4.69) is 0 Å². The molecule has 3 heterocycles. The molecule has 0 bridgehead atoms. The van der Waals surface area contributed by atoms with Gasteiger partial charge < -0.3 is 0 Å². The van der Waals surface area contributed by atoms with Crippen molar-refractivity contribution in [2.24, 2.45) is 14.1 Å². The molecule has 2 aromatic heterocycles. The van der Waals surface area contributed by atoms with E-state index in [0.717, 1.165) is 10.9 Å². The number of aromatic nitrogens is 2. The van der Waals surface area contributed by atoms with Gasteiger partial charge in [-0.25, -0.2) is 0 Å². The summed E-state index contributed by atoms with van der Waals surface area (Å²) in [5.41, 5.74) is 3.62. The van der Waals surface area contributed by atoms with E-state index >= 15 is 0 Å². The molecule has 154 valence electrons. The second kappa shape index (κ2) is 7.44. The number of nitro benzene ring substituents is 1. The van der Waals surface area contributed by atoms with Gasteiger partial charge in [0.05, 0.1) is 0 Å². The van der Waals surface area contributed by atoms with Gasteiger partial charge in [-0.2, -0.15) is 0 Å². The second-order valence-electron chi connectivity index (χ2n) is 7.89. The van der Waals surface area contributed by atoms with Crippen LogP contribution in [-0.2, 0) is 23.7 Å². The average molecular weight is 436 g/mol. The maximum atomic E-state index is 13.4. The van der Waals surface area contributed by atoms with Crippen molar-refractivity contribution in [1.29, 1.82) is 0 Å². The quantitative estimate of drug-likeness (QED) is 0.213. The number of imide groups is 1. The van der Waals surface area contributed by atoms with Crippen LogP contribution in [0.2, 0.25) is 0 Å². The van der Waals surface area contributed by atoms with Crippen LogP contribution < -0.4 is 0 Å². The zero-order valence-corrected chi connectivity index (χ0v) is 19.8. The van der Waals surface area contributed by atoms with Crippen molar-refractivity contribution < 1.29 is 14.5 Å². The molecule has 0 N–H and O–H groups in total. The normalized spacial score (nSPS) is 14.4. The van der Waals surface area contributed by atoms with E-state index in [-0.39, 0.29) is 17.5 Å². The first-order valence-electron chi connectivity index (χ1n) is 10.2. The van der Waals surface area contributed by atoms with Crippen LogP contribution >= 0.6 is 0 Å². The zero-order valence-electron chi connectivity index (χ0n) is 17.8. The second-order valence-corrected chi connectivity index (χ2v) is 8.52. The summed E-state index contributed by atoms with van der Waals surface area (Å²) in [5.74, 6) is -0.617. The average Bonchev–Trinajstić information content (AvgIpc) is 3.37. The number of carbonyl (C=O) groups excluding carboxylic acids is 2. The summed E-state index contributed by atoms with van der Waals surface area (Å²) in [6.07, 6.45) is 3.66. The fraction of sp³-hybridized carbons (Fsp3) is 0.130. The summed E-state index contributed by atoms with van der Waals surface area (Å²) in [5, 5.41) is 12.8. The van der Waals surface area contributed by atoms with Crippen molar-refractivity contribution in [3.8, 4) is 0 Å². The van der Waals surface area contributed by atoms with Crippen LogP contribution in [0.15, 0.2) is 54.9 Å². The minimum atomic E-state index is -0.444. The molecule has 0 atom stereocenters. The first-order chi connectivity index (χ1) is 15.3. The predicted octanol–water partition coefficient (Wildman–Crippen LogP) is 2.98. The number of non-ortho nitro benzene ring substituents is 1. The van der Waals surface area contributed by atoms with Gasteiger partial charge in [0.25, 0.3) is 0 Å². The minimum absolute atomic E-state index is 0.0245. The Hall–Kier alpha value is -3.20. The molecule has 9 heteroatoms. The van der Waals surface area contributed by atoms with Gasteiger partial charge in [0.15, 0.2) is 0 Å². The fourth-order valence-electron chi connectivity index (χ4n) is 4.59. The molecule has 4 aromatic rings. The number of carbonyl (C=O) groups is 2. The van der Waals surface area contributed by atoms with E-state index < -0.39 is 4.92 Å². The summed E-state index contributed by atoms with van der Waals surface area (Å²) in [6, 6.07) is 12.3. The molecule has 5 rings (SSSR count). The van der Waals surface area contributed by atoms with Crippen molar-refractivity contribution in [2.75, 3.05) is 3.79 Å². The summed E-state index contributed by atoms with van der Waals surface area (Å²) in [6.45, 7) is 0. The molecule has 32 heavy (non-hydrogen) atoms. The van der Waals surface area contributed by atoms with Crippen LogP contribution in [0.3, 0.4) is 0 Å². The number of fused-ring (bicyclic) bond motifs is 2. The number of aryl methyl sites for hydroxylation is 2. The Morgan fingerprint density at radius 3 is 2.03 bits per heavy atom. The monoisotopic (exact) mass is 436 g/mol. The van der Waals surface area contributed by atoms with Crippen molar-refractivity contribution in [3.05, 3.63) is 76.1 Å². The van der Waals surface area contributed by atoms with E-state index in [4.69, 9.17) is 0 Å². The van der Waals surface area contributed by atoms with Gasteiger partial charge in [-0.05, 0) is 0 Å². The van der Waals surface area contributed by atoms with Gasteiger partial charge in [0, 0.05) is 0 Å². The molecule has 0 saturated heterocycles. The van der Waals surface area contributed by atoms with Gasteiger partial charge in [-0.3, -0.25) is 0 Å². The van der Waals surface area contributed by atoms with Crippen molar-refractivity contribution >= 4 is 78.4 Å². The molecule has 1 aliphatic rings. The molecule has 0 radical (unpaired) electrons. The van der Waals surface area contributed by atoms with Gasteiger partial charge in [0.2, 0.25) is 0 Å². The third kappa shape index (κ3) is 2.87. The maximum absolute atomic E-state index is 13.4. The van der Waals surface area contributed by atoms with Crippen LogP contribution in [0, 0.1) is 10.1 Å². The molecule has 8 nitrogen and oxygen atoms in total. The van der Waals surface area contributed by atoms with Crippen LogP contribution in [0.4, 0.5) is 5.69 Å². The molecule has 2 amide bonds. The third-order valence-electron chi connectivity index (χ3n) is 6.10. The number of rotatable bonds is 4. The third-order valence-corrected chi connectivity index (χ3v) is 6.74. The number of hydrogen-bond acceptors (Lipinski definition) is 4. The van der Waals surface area contributed by atoms with E-state index in [1.165, 1.54) is 17.0 Å². The van der Waals surface area contributed by atoms with E-state index in [1.807, 2.05) is 42.1 Å². The van der Waals surface area contributed by atoms with Crippen molar-refractivity contribution in [1.82, 2.24) is 14.0 Å². The number of nitro groups is 1. The summed E-state index contributed by atoms with van der Waals surface area (Å²) in [4.78, 5) is 39.0. The van der Waals surface area contributed by atoms with Gasteiger partial charge in [0.1, 0.15) is 0 Å². The van der Waals surface area contributed by atoms with Gasteiger partial charge in [-0.15, -0.1) is 0 Å². The number of nitrogens with zero attached hydrogens (tertiary/aromatic N) is 4.